The number of fused-ring (bicyclic) bond motifs is 1. The molecular weight excluding hydrogens is 350 g/mol. The highest BCUT2D eigenvalue weighted by atomic mass is 15.3. The molecule has 4 heterocycles. The fraction of sp³-hybridized carbons (Fsp3) is 0.190. The fourth-order valence-electron chi connectivity index (χ4n) is 3.35. The van der Waals surface area contributed by atoms with Crippen LogP contribution in [0.4, 0.5) is 11.6 Å². The van der Waals surface area contributed by atoms with Crippen molar-refractivity contribution in [3.63, 3.8) is 0 Å². The first kappa shape index (κ1) is 16.6. The summed E-state index contributed by atoms with van der Waals surface area (Å²) in [6, 6.07) is 15.8. The molecule has 1 saturated heterocycles. The number of para-hydroxylation sites is 2. The zero-order valence-electron chi connectivity index (χ0n) is 15.2. The van der Waals surface area contributed by atoms with Gasteiger partial charge in [0.2, 0.25) is 0 Å². The molecule has 1 aliphatic heterocycles. The van der Waals surface area contributed by atoms with E-state index in [9.17, 15) is 0 Å². The minimum Gasteiger partial charge on any atom is -0.368 e. The van der Waals surface area contributed by atoms with Crippen molar-refractivity contribution in [1.82, 2.24) is 25.1 Å². The van der Waals surface area contributed by atoms with Crippen molar-refractivity contribution in [2.45, 2.75) is 0 Å². The molecule has 4 aromatic rings. The first-order valence-corrected chi connectivity index (χ1v) is 9.30. The summed E-state index contributed by atoms with van der Waals surface area (Å²) in [5.74, 6) is 2.29. The van der Waals surface area contributed by atoms with Gasteiger partial charge in [0.15, 0.2) is 5.82 Å². The van der Waals surface area contributed by atoms with E-state index in [4.69, 9.17) is 0 Å². The molecule has 0 amide bonds. The molecule has 1 fully saturated rings. The van der Waals surface area contributed by atoms with Crippen molar-refractivity contribution in [1.29, 1.82) is 0 Å². The van der Waals surface area contributed by atoms with Crippen LogP contribution in [0.3, 0.4) is 0 Å². The Balaban J connectivity index is 1.16. The van der Waals surface area contributed by atoms with Crippen LogP contribution >= 0.6 is 0 Å². The lowest BCUT2D eigenvalue weighted by Gasteiger charge is -2.40. The van der Waals surface area contributed by atoms with Crippen LogP contribution in [0, 0.1) is 5.92 Å². The van der Waals surface area contributed by atoms with Gasteiger partial charge >= 0.3 is 0 Å². The molecule has 7 heteroatoms. The van der Waals surface area contributed by atoms with Crippen LogP contribution in [0.25, 0.3) is 22.3 Å². The Hall–Kier alpha value is -3.61. The molecule has 3 aromatic heterocycles. The largest absolute Gasteiger partial charge is 0.368 e. The van der Waals surface area contributed by atoms with Gasteiger partial charge in [0, 0.05) is 43.5 Å². The predicted molar refractivity (Wildman–Crippen MR) is 109 cm³/mol. The predicted octanol–water partition coefficient (Wildman–Crippen LogP) is 3.03. The van der Waals surface area contributed by atoms with Crippen molar-refractivity contribution in [3.8, 4) is 11.3 Å². The van der Waals surface area contributed by atoms with E-state index in [1.54, 1.807) is 18.6 Å². The van der Waals surface area contributed by atoms with Crippen LogP contribution < -0.4 is 10.2 Å². The Bertz CT molecular complexity index is 1080. The number of hydrogen-bond donors (Lipinski definition) is 1. The second-order valence-electron chi connectivity index (χ2n) is 6.91. The Morgan fingerprint density at radius 3 is 2.54 bits per heavy atom. The third-order valence-electron chi connectivity index (χ3n) is 4.93. The van der Waals surface area contributed by atoms with E-state index < -0.39 is 0 Å². The average molecular weight is 369 g/mol. The molecule has 0 radical (unpaired) electrons. The Kier molecular flexibility index (Phi) is 4.25. The SMILES string of the molecule is c1ccc2nc(NCC3CN(c4ccc(-c5ccncc5)nn4)C3)cnc2c1. The molecule has 1 aliphatic rings. The molecule has 28 heavy (non-hydrogen) atoms. The van der Waals surface area contributed by atoms with Gasteiger partial charge in [-0.3, -0.25) is 9.97 Å². The van der Waals surface area contributed by atoms with Gasteiger partial charge in [-0.25, -0.2) is 4.98 Å². The second-order valence-corrected chi connectivity index (χ2v) is 6.91. The lowest BCUT2D eigenvalue weighted by molar-refractivity contribution is 0.425. The van der Waals surface area contributed by atoms with Crippen molar-refractivity contribution in [2.24, 2.45) is 5.92 Å². The normalized spacial score (nSPS) is 14.1. The van der Waals surface area contributed by atoms with Crippen LogP contribution in [0.1, 0.15) is 0 Å². The number of aromatic nitrogens is 5. The number of benzene rings is 1. The summed E-state index contributed by atoms with van der Waals surface area (Å²) in [6.45, 7) is 2.78. The summed E-state index contributed by atoms with van der Waals surface area (Å²) in [4.78, 5) is 15.3. The smallest absolute Gasteiger partial charge is 0.151 e. The van der Waals surface area contributed by atoms with Crippen LogP contribution in [-0.2, 0) is 0 Å². The third-order valence-corrected chi connectivity index (χ3v) is 4.93. The molecule has 138 valence electrons. The standard InChI is InChI=1S/C21H19N7/c1-2-4-19-18(3-1)23-12-20(25-19)24-11-15-13-28(14-15)21-6-5-17(26-27-21)16-7-9-22-10-8-16/h1-10,12,15H,11,13-14H2,(H,24,25). The zero-order chi connectivity index (χ0) is 18.8. The maximum absolute atomic E-state index is 4.61. The topological polar surface area (TPSA) is 79.7 Å². The molecule has 1 aromatic carbocycles. The second kappa shape index (κ2) is 7.19. The molecule has 0 bridgehead atoms. The van der Waals surface area contributed by atoms with E-state index in [1.807, 2.05) is 48.5 Å². The summed E-state index contributed by atoms with van der Waals surface area (Å²) in [7, 11) is 0. The van der Waals surface area contributed by atoms with E-state index in [0.717, 1.165) is 53.6 Å². The molecule has 0 spiro atoms. The highest BCUT2D eigenvalue weighted by molar-refractivity contribution is 5.75. The zero-order valence-corrected chi connectivity index (χ0v) is 15.2. The Morgan fingerprint density at radius 1 is 0.929 bits per heavy atom. The summed E-state index contributed by atoms with van der Waals surface area (Å²) in [6.07, 6.45) is 5.32. The van der Waals surface area contributed by atoms with E-state index in [0.29, 0.717) is 5.92 Å². The average Bonchev–Trinajstić information content (AvgIpc) is 2.73. The lowest BCUT2D eigenvalue weighted by atomic mass is 10.0. The lowest BCUT2D eigenvalue weighted by Crippen LogP contribution is -2.50. The van der Waals surface area contributed by atoms with E-state index in [1.165, 1.54) is 0 Å². The van der Waals surface area contributed by atoms with Gasteiger partial charge in [-0.15, -0.1) is 10.2 Å². The molecule has 1 N–H and O–H groups in total. The number of anilines is 2. The van der Waals surface area contributed by atoms with Gasteiger partial charge in [-0.1, -0.05) is 12.1 Å². The number of rotatable bonds is 5. The van der Waals surface area contributed by atoms with Crippen molar-refractivity contribution in [2.75, 3.05) is 29.9 Å². The minimum atomic E-state index is 0.551. The monoisotopic (exact) mass is 369 g/mol. The maximum Gasteiger partial charge on any atom is 0.151 e. The summed E-state index contributed by atoms with van der Waals surface area (Å²) in [5.41, 5.74) is 3.71. The number of nitrogens with one attached hydrogen (secondary N) is 1. The summed E-state index contributed by atoms with van der Waals surface area (Å²) >= 11 is 0. The van der Waals surface area contributed by atoms with Gasteiger partial charge in [0.1, 0.15) is 5.82 Å². The molecule has 7 nitrogen and oxygen atoms in total. The first-order valence-electron chi connectivity index (χ1n) is 9.30. The fourth-order valence-corrected chi connectivity index (χ4v) is 3.35. The number of pyridine rings is 1. The number of hydrogen-bond acceptors (Lipinski definition) is 7. The van der Waals surface area contributed by atoms with Gasteiger partial charge in [0.05, 0.1) is 22.9 Å². The van der Waals surface area contributed by atoms with Crippen molar-refractivity contribution >= 4 is 22.7 Å². The van der Waals surface area contributed by atoms with Crippen LogP contribution in [0.5, 0.6) is 0 Å². The molecule has 0 saturated carbocycles. The molecule has 0 aliphatic carbocycles. The molecule has 5 rings (SSSR count). The van der Waals surface area contributed by atoms with Crippen LogP contribution in [0.2, 0.25) is 0 Å². The van der Waals surface area contributed by atoms with E-state index in [-0.39, 0.29) is 0 Å². The molecule has 0 unspecified atom stereocenters. The maximum atomic E-state index is 4.61. The summed E-state index contributed by atoms with van der Waals surface area (Å²) < 4.78 is 0. The summed E-state index contributed by atoms with van der Waals surface area (Å²) in [5, 5.41) is 12.1. The van der Waals surface area contributed by atoms with Crippen LogP contribution in [-0.4, -0.2) is 44.8 Å². The highest BCUT2D eigenvalue weighted by Crippen LogP contribution is 2.24. The first-order chi connectivity index (χ1) is 13.8. The van der Waals surface area contributed by atoms with Crippen molar-refractivity contribution < 1.29 is 0 Å². The van der Waals surface area contributed by atoms with Crippen LogP contribution in [0.15, 0.2) is 67.1 Å². The Labute approximate surface area is 162 Å². The van der Waals surface area contributed by atoms with Gasteiger partial charge in [-0.2, -0.15) is 0 Å². The van der Waals surface area contributed by atoms with Gasteiger partial charge in [-0.05, 0) is 36.4 Å². The molecular formula is C21H19N7. The van der Waals surface area contributed by atoms with E-state index >= 15 is 0 Å². The third kappa shape index (κ3) is 3.34. The Morgan fingerprint density at radius 2 is 1.75 bits per heavy atom. The molecule has 0 atom stereocenters. The number of nitrogens with zero attached hydrogens (tertiary/aromatic N) is 6. The highest BCUT2D eigenvalue weighted by Gasteiger charge is 2.27. The quantitative estimate of drug-likeness (QED) is 0.579. The minimum absolute atomic E-state index is 0.551. The van der Waals surface area contributed by atoms with Gasteiger partial charge < -0.3 is 10.2 Å². The van der Waals surface area contributed by atoms with Crippen molar-refractivity contribution in [3.05, 3.63) is 67.1 Å². The van der Waals surface area contributed by atoms with E-state index in [2.05, 4.69) is 35.4 Å². The van der Waals surface area contributed by atoms with Gasteiger partial charge in [0.25, 0.3) is 0 Å².